The summed E-state index contributed by atoms with van der Waals surface area (Å²) < 4.78 is 0.532. The Kier molecular flexibility index (Phi) is 4.64. The molecule has 1 amide bonds. The smallest absolute Gasteiger partial charge is 0.270 e. The maximum absolute atomic E-state index is 12.8. The highest BCUT2D eigenvalue weighted by Gasteiger charge is 2.34. The second-order valence-electron chi connectivity index (χ2n) is 5.59. The Morgan fingerprint density at radius 3 is 2.38 bits per heavy atom. The first kappa shape index (κ1) is 16.6. The lowest BCUT2D eigenvalue weighted by atomic mass is 10.1. The van der Waals surface area contributed by atoms with Gasteiger partial charge in [-0.3, -0.25) is 14.5 Å². The molecule has 2 aromatic carbocycles. The molecule has 3 nitrogen and oxygen atoms in total. The zero-order valence-electron chi connectivity index (χ0n) is 13.3. The van der Waals surface area contributed by atoms with Crippen molar-refractivity contribution in [3.63, 3.8) is 0 Å². The maximum atomic E-state index is 12.8. The van der Waals surface area contributed by atoms with Crippen LogP contribution in [0.25, 0.3) is 6.08 Å². The second kappa shape index (κ2) is 6.71. The van der Waals surface area contributed by atoms with Gasteiger partial charge in [0.05, 0.1) is 10.6 Å². The fraction of sp³-hybridized carbons (Fsp3) is 0.105. The van der Waals surface area contributed by atoms with Crippen LogP contribution in [0, 0.1) is 13.8 Å². The summed E-state index contributed by atoms with van der Waals surface area (Å²) in [5.41, 5.74) is 4.39. The van der Waals surface area contributed by atoms with E-state index in [0.29, 0.717) is 14.8 Å². The zero-order valence-corrected chi connectivity index (χ0v) is 14.9. The topological polar surface area (TPSA) is 37.4 Å². The molecule has 0 bridgehead atoms. The average molecular weight is 353 g/mol. The number of amides is 1. The fourth-order valence-corrected chi connectivity index (χ4v) is 3.74. The Morgan fingerprint density at radius 1 is 1.04 bits per heavy atom. The molecular formula is C19H15NO2S2. The van der Waals surface area contributed by atoms with Gasteiger partial charge in [-0.25, -0.2) is 0 Å². The molecule has 1 heterocycles. The van der Waals surface area contributed by atoms with Gasteiger partial charge in [0.25, 0.3) is 5.91 Å². The summed E-state index contributed by atoms with van der Waals surface area (Å²) >= 11 is 6.71. The minimum absolute atomic E-state index is 0.113. The first-order chi connectivity index (χ1) is 11.5. The van der Waals surface area contributed by atoms with Crippen molar-refractivity contribution in [2.75, 3.05) is 4.90 Å². The highest BCUT2D eigenvalue weighted by atomic mass is 32.2. The molecule has 0 aromatic heterocycles. The number of hydrogen-bond acceptors (Lipinski definition) is 4. The van der Waals surface area contributed by atoms with Gasteiger partial charge in [-0.2, -0.15) is 0 Å². The highest BCUT2D eigenvalue weighted by molar-refractivity contribution is 8.27. The molecule has 0 spiro atoms. The monoisotopic (exact) mass is 353 g/mol. The zero-order chi connectivity index (χ0) is 17.3. The predicted octanol–water partition coefficient (Wildman–Crippen LogP) is 4.52. The van der Waals surface area contributed by atoms with E-state index in [2.05, 4.69) is 0 Å². The summed E-state index contributed by atoms with van der Waals surface area (Å²) in [4.78, 5) is 25.7. The standard InChI is InChI=1S/C19H15NO2S2/c1-12-3-4-13(2)16(9-12)20-18(22)17(24-19(20)23)10-14-5-7-15(11-21)8-6-14/h3-11H,1-2H3. The molecule has 1 fully saturated rings. The molecule has 3 rings (SSSR count). The summed E-state index contributed by atoms with van der Waals surface area (Å²) in [6.07, 6.45) is 2.60. The van der Waals surface area contributed by atoms with Crippen molar-refractivity contribution in [1.29, 1.82) is 0 Å². The lowest BCUT2D eigenvalue weighted by Gasteiger charge is -2.17. The van der Waals surface area contributed by atoms with E-state index in [-0.39, 0.29) is 5.91 Å². The van der Waals surface area contributed by atoms with Crippen LogP contribution in [0.5, 0.6) is 0 Å². The van der Waals surface area contributed by atoms with Crippen LogP contribution < -0.4 is 4.90 Å². The molecule has 0 radical (unpaired) electrons. The Bertz CT molecular complexity index is 869. The average Bonchev–Trinajstić information content (AvgIpc) is 2.84. The Labute approximate surface area is 150 Å². The first-order valence-corrected chi connectivity index (χ1v) is 8.62. The summed E-state index contributed by atoms with van der Waals surface area (Å²) in [5, 5.41) is 0. The lowest BCUT2D eigenvalue weighted by Crippen LogP contribution is -2.28. The number of aryl methyl sites for hydroxylation is 2. The number of thiocarbonyl (C=S) groups is 1. The second-order valence-corrected chi connectivity index (χ2v) is 7.27. The number of anilines is 1. The van der Waals surface area contributed by atoms with Gasteiger partial charge in [-0.15, -0.1) is 0 Å². The van der Waals surface area contributed by atoms with Crippen LogP contribution in [0.2, 0.25) is 0 Å². The van der Waals surface area contributed by atoms with Gasteiger partial charge in [-0.1, -0.05) is 60.4 Å². The van der Waals surface area contributed by atoms with Crippen molar-refractivity contribution in [3.8, 4) is 0 Å². The fourth-order valence-electron chi connectivity index (χ4n) is 2.46. The highest BCUT2D eigenvalue weighted by Crippen LogP contribution is 2.37. The predicted molar refractivity (Wildman–Crippen MR) is 103 cm³/mol. The SMILES string of the molecule is Cc1ccc(C)c(N2C(=O)C(=Cc3ccc(C=O)cc3)SC2=S)c1. The third kappa shape index (κ3) is 3.18. The molecule has 24 heavy (non-hydrogen) atoms. The van der Waals surface area contributed by atoms with Gasteiger partial charge < -0.3 is 0 Å². The summed E-state index contributed by atoms with van der Waals surface area (Å²) in [5.74, 6) is -0.113. The van der Waals surface area contributed by atoms with E-state index in [1.54, 1.807) is 23.1 Å². The molecule has 0 aliphatic carbocycles. The summed E-state index contributed by atoms with van der Waals surface area (Å²) in [7, 11) is 0. The Morgan fingerprint density at radius 2 is 1.71 bits per heavy atom. The van der Waals surface area contributed by atoms with Crippen LogP contribution in [0.1, 0.15) is 27.0 Å². The number of benzene rings is 2. The third-order valence-electron chi connectivity index (χ3n) is 3.77. The van der Waals surface area contributed by atoms with Crippen molar-refractivity contribution in [1.82, 2.24) is 0 Å². The van der Waals surface area contributed by atoms with Crippen LogP contribution in [0.3, 0.4) is 0 Å². The van der Waals surface area contributed by atoms with Gasteiger partial charge in [0.1, 0.15) is 6.29 Å². The van der Waals surface area contributed by atoms with Crippen molar-refractivity contribution < 1.29 is 9.59 Å². The molecule has 0 unspecified atom stereocenters. The minimum atomic E-state index is -0.113. The molecule has 1 aliphatic rings. The Balaban J connectivity index is 1.95. The van der Waals surface area contributed by atoms with E-state index in [9.17, 15) is 9.59 Å². The number of hydrogen-bond donors (Lipinski definition) is 0. The van der Waals surface area contributed by atoms with Crippen molar-refractivity contribution >= 4 is 52.3 Å². The number of carbonyl (C=O) groups excluding carboxylic acids is 2. The quantitative estimate of drug-likeness (QED) is 0.462. The Hall–Kier alpha value is -2.24. The molecule has 1 saturated heterocycles. The lowest BCUT2D eigenvalue weighted by molar-refractivity contribution is -0.113. The van der Waals surface area contributed by atoms with Crippen LogP contribution in [-0.2, 0) is 4.79 Å². The van der Waals surface area contributed by atoms with Crippen molar-refractivity contribution in [2.24, 2.45) is 0 Å². The first-order valence-electron chi connectivity index (χ1n) is 7.40. The third-order valence-corrected chi connectivity index (χ3v) is 5.07. The van der Waals surface area contributed by atoms with Gasteiger partial charge in [0.15, 0.2) is 4.32 Å². The maximum Gasteiger partial charge on any atom is 0.270 e. The number of carbonyl (C=O) groups is 2. The van der Waals surface area contributed by atoms with Gasteiger partial charge in [0, 0.05) is 5.56 Å². The number of rotatable bonds is 3. The van der Waals surface area contributed by atoms with Crippen LogP contribution in [0.4, 0.5) is 5.69 Å². The van der Waals surface area contributed by atoms with Gasteiger partial charge in [-0.05, 0) is 42.7 Å². The van der Waals surface area contributed by atoms with E-state index < -0.39 is 0 Å². The van der Waals surface area contributed by atoms with E-state index in [1.807, 2.05) is 44.2 Å². The van der Waals surface area contributed by atoms with Crippen molar-refractivity contribution in [2.45, 2.75) is 13.8 Å². The van der Waals surface area contributed by atoms with Crippen LogP contribution in [-0.4, -0.2) is 16.5 Å². The number of nitrogens with zero attached hydrogens (tertiary/aromatic N) is 1. The van der Waals surface area contributed by atoms with E-state index in [1.165, 1.54) is 11.8 Å². The van der Waals surface area contributed by atoms with Crippen molar-refractivity contribution in [3.05, 3.63) is 69.6 Å². The largest absolute Gasteiger partial charge is 0.298 e. The summed E-state index contributed by atoms with van der Waals surface area (Å²) in [6.45, 7) is 3.96. The molecule has 1 aliphatic heterocycles. The molecule has 2 aromatic rings. The summed E-state index contributed by atoms with van der Waals surface area (Å²) in [6, 6.07) is 13.1. The van der Waals surface area contributed by atoms with Crippen LogP contribution in [0.15, 0.2) is 47.4 Å². The van der Waals surface area contributed by atoms with Gasteiger partial charge in [0.2, 0.25) is 0 Å². The molecule has 5 heteroatoms. The minimum Gasteiger partial charge on any atom is -0.298 e. The molecule has 120 valence electrons. The van der Waals surface area contributed by atoms with Crippen LogP contribution >= 0.6 is 24.0 Å². The molecule has 0 saturated carbocycles. The van der Waals surface area contributed by atoms with E-state index >= 15 is 0 Å². The normalized spacial score (nSPS) is 16.1. The van der Waals surface area contributed by atoms with E-state index in [4.69, 9.17) is 12.2 Å². The molecule has 0 atom stereocenters. The molecule has 0 N–H and O–H groups in total. The number of aldehydes is 1. The van der Waals surface area contributed by atoms with Gasteiger partial charge >= 0.3 is 0 Å². The number of thioether (sulfide) groups is 1. The van der Waals surface area contributed by atoms with E-state index in [0.717, 1.165) is 28.7 Å². The molecular weight excluding hydrogens is 338 g/mol.